The number of aromatic nitrogens is 2. The van der Waals surface area contributed by atoms with Crippen LogP contribution in [-0.2, 0) is 4.74 Å². The van der Waals surface area contributed by atoms with Crippen LogP contribution in [0.2, 0.25) is 0 Å². The van der Waals surface area contributed by atoms with Gasteiger partial charge in [0.15, 0.2) is 5.03 Å². The lowest BCUT2D eigenvalue weighted by atomic mass is 10.3. The largest absolute Gasteiger partial charge is 0.460 e. The van der Waals surface area contributed by atoms with Crippen molar-refractivity contribution in [2.24, 2.45) is 0 Å². The first kappa shape index (κ1) is 11.1. The van der Waals surface area contributed by atoms with Crippen molar-refractivity contribution in [3.8, 4) is 0 Å². The van der Waals surface area contributed by atoms with Crippen LogP contribution in [-0.4, -0.2) is 27.3 Å². The average molecular weight is 235 g/mol. The van der Waals surface area contributed by atoms with Gasteiger partial charge in [-0.2, -0.15) is 0 Å². The minimum absolute atomic E-state index is 0.139. The average Bonchev–Trinajstić information content (AvgIpc) is 2.68. The standard InChI is InChI=1S/C10H9N3O4/c1-2-17-10(14)9-11-7-5-3-4-6-8(7)12(9)13(15)16/h3-6H,2H2,1H3. The lowest BCUT2D eigenvalue weighted by molar-refractivity contribution is -0.538. The van der Waals surface area contributed by atoms with Gasteiger partial charge in [-0.05, 0) is 23.7 Å². The van der Waals surface area contributed by atoms with Crippen LogP contribution in [0.25, 0.3) is 11.0 Å². The molecule has 1 aromatic carbocycles. The molecule has 7 heteroatoms. The van der Waals surface area contributed by atoms with Crippen molar-refractivity contribution in [1.82, 2.24) is 9.66 Å². The summed E-state index contributed by atoms with van der Waals surface area (Å²) in [6.07, 6.45) is 0. The van der Waals surface area contributed by atoms with E-state index in [1.165, 1.54) is 6.07 Å². The fourth-order valence-electron chi connectivity index (χ4n) is 1.51. The van der Waals surface area contributed by atoms with Crippen LogP contribution in [0.15, 0.2) is 24.3 Å². The Balaban J connectivity index is 2.66. The number of ether oxygens (including phenoxy) is 1. The summed E-state index contributed by atoms with van der Waals surface area (Å²) in [6, 6.07) is 6.44. The van der Waals surface area contributed by atoms with E-state index in [2.05, 4.69) is 4.98 Å². The van der Waals surface area contributed by atoms with Gasteiger partial charge in [-0.15, -0.1) is 0 Å². The minimum atomic E-state index is -0.805. The maximum absolute atomic E-state index is 11.5. The predicted molar refractivity (Wildman–Crippen MR) is 58.1 cm³/mol. The number of rotatable bonds is 3. The van der Waals surface area contributed by atoms with E-state index in [1.54, 1.807) is 25.1 Å². The molecular weight excluding hydrogens is 226 g/mol. The summed E-state index contributed by atoms with van der Waals surface area (Å²) in [5.41, 5.74) is 0.646. The molecule has 0 saturated carbocycles. The van der Waals surface area contributed by atoms with Crippen LogP contribution in [0.4, 0.5) is 0 Å². The number of para-hydroxylation sites is 2. The second-order valence-corrected chi connectivity index (χ2v) is 3.19. The lowest BCUT2D eigenvalue weighted by Crippen LogP contribution is -2.18. The number of nitro groups is 1. The highest BCUT2D eigenvalue weighted by molar-refractivity contribution is 5.90. The topological polar surface area (TPSA) is 87.3 Å². The van der Waals surface area contributed by atoms with Crippen LogP contribution >= 0.6 is 0 Å². The van der Waals surface area contributed by atoms with Gasteiger partial charge in [0.2, 0.25) is 0 Å². The predicted octanol–water partition coefficient (Wildman–Crippen LogP) is 1.25. The van der Waals surface area contributed by atoms with Crippen LogP contribution < -0.4 is 0 Å². The second-order valence-electron chi connectivity index (χ2n) is 3.19. The van der Waals surface area contributed by atoms with E-state index in [4.69, 9.17) is 4.74 Å². The van der Waals surface area contributed by atoms with E-state index in [0.717, 1.165) is 0 Å². The fraction of sp³-hybridized carbons (Fsp3) is 0.200. The molecule has 0 aliphatic carbocycles. The molecule has 0 atom stereocenters. The molecule has 1 heterocycles. The molecular formula is C10H9N3O4. The van der Waals surface area contributed by atoms with Crippen LogP contribution in [0, 0.1) is 10.1 Å². The molecule has 2 rings (SSSR count). The first-order valence-corrected chi connectivity index (χ1v) is 4.94. The van der Waals surface area contributed by atoms with Gasteiger partial charge in [0.1, 0.15) is 5.52 Å². The number of hydrogen-bond acceptors (Lipinski definition) is 5. The van der Waals surface area contributed by atoms with E-state index in [0.29, 0.717) is 10.2 Å². The van der Waals surface area contributed by atoms with Gasteiger partial charge in [0, 0.05) is 0 Å². The molecule has 17 heavy (non-hydrogen) atoms. The third-order valence-corrected chi connectivity index (χ3v) is 2.16. The molecule has 0 bridgehead atoms. The minimum Gasteiger partial charge on any atom is -0.460 e. The summed E-state index contributed by atoms with van der Waals surface area (Å²) in [4.78, 5) is 26.4. The molecule has 0 aliphatic heterocycles. The summed E-state index contributed by atoms with van der Waals surface area (Å²) >= 11 is 0. The van der Waals surface area contributed by atoms with E-state index in [9.17, 15) is 14.9 Å². The van der Waals surface area contributed by atoms with Gasteiger partial charge >= 0.3 is 5.97 Å². The van der Waals surface area contributed by atoms with Crippen LogP contribution in [0.1, 0.15) is 17.5 Å². The summed E-state index contributed by atoms with van der Waals surface area (Å²) in [6.45, 7) is 1.76. The van der Waals surface area contributed by atoms with Gasteiger partial charge in [-0.1, -0.05) is 12.1 Å². The molecule has 0 radical (unpaired) electrons. The van der Waals surface area contributed by atoms with Crippen molar-refractivity contribution in [1.29, 1.82) is 0 Å². The van der Waals surface area contributed by atoms with Crippen molar-refractivity contribution in [2.75, 3.05) is 6.61 Å². The molecule has 0 spiro atoms. The molecule has 0 aliphatic rings. The van der Waals surface area contributed by atoms with Crippen molar-refractivity contribution in [3.05, 3.63) is 40.2 Å². The molecule has 88 valence electrons. The van der Waals surface area contributed by atoms with Crippen molar-refractivity contribution in [3.63, 3.8) is 0 Å². The van der Waals surface area contributed by atoms with Crippen molar-refractivity contribution in [2.45, 2.75) is 6.92 Å². The fourth-order valence-corrected chi connectivity index (χ4v) is 1.51. The highest BCUT2D eigenvalue weighted by atomic mass is 16.7. The quantitative estimate of drug-likeness (QED) is 0.454. The summed E-state index contributed by atoms with van der Waals surface area (Å²) in [7, 11) is 0. The highest BCUT2D eigenvalue weighted by Gasteiger charge is 2.25. The third kappa shape index (κ3) is 1.82. The number of esters is 1. The molecule has 0 saturated heterocycles. The molecule has 2 aromatic rings. The number of fused-ring (bicyclic) bond motifs is 1. The Morgan fingerprint density at radius 2 is 2.24 bits per heavy atom. The summed E-state index contributed by atoms with van der Waals surface area (Å²) in [5, 5.41) is 10.2. The van der Waals surface area contributed by atoms with Crippen LogP contribution in [0.5, 0.6) is 0 Å². The molecule has 1 aromatic heterocycles. The number of carbonyl (C=O) groups excluding carboxylic acids is 1. The summed E-state index contributed by atoms with van der Waals surface area (Å²) in [5.74, 6) is -1.13. The van der Waals surface area contributed by atoms with E-state index in [1.807, 2.05) is 0 Å². The zero-order chi connectivity index (χ0) is 12.4. The summed E-state index contributed by atoms with van der Waals surface area (Å²) < 4.78 is 5.35. The lowest BCUT2D eigenvalue weighted by Gasteiger charge is -1.99. The Morgan fingerprint density at radius 1 is 1.53 bits per heavy atom. The zero-order valence-electron chi connectivity index (χ0n) is 8.99. The maximum Gasteiger partial charge on any atom is 0.380 e. The first-order valence-electron chi connectivity index (χ1n) is 4.94. The Hall–Kier alpha value is -2.44. The number of carbonyl (C=O) groups is 1. The van der Waals surface area contributed by atoms with Gasteiger partial charge < -0.3 is 4.74 Å². The SMILES string of the molecule is CCOC(=O)c1nc2ccccc2n1[N+](=O)[O-]. The third-order valence-electron chi connectivity index (χ3n) is 2.16. The molecule has 0 fully saturated rings. The molecule has 0 amide bonds. The van der Waals surface area contributed by atoms with E-state index in [-0.39, 0.29) is 17.9 Å². The van der Waals surface area contributed by atoms with Gasteiger partial charge in [0.25, 0.3) is 5.82 Å². The molecule has 0 unspecified atom stereocenters. The Labute approximate surface area is 95.7 Å². The van der Waals surface area contributed by atoms with E-state index >= 15 is 0 Å². The van der Waals surface area contributed by atoms with Crippen LogP contribution in [0.3, 0.4) is 0 Å². The van der Waals surface area contributed by atoms with Crippen molar-refractivity contribution >= 4 is 17.0 Å². The normalized spacial score (nSPS) is 10.4. The van der Waals surface area contributed by atoms with E-state index < -0.39 is 11.0 Å². The smallest absolute Gasteiger partial charge is 0.380 e. The maximum atomic E-state index is 11.5. The Bertz CT molecular complexity index is 590. The van der Waals surface area contributed by atoms with Crippen molar-refractivity contribution < 1.29 is 14.6 Å². The van der Waals surface area contributed by atoms with Gasteiger partial charge in [-0.25, -0.2) is 19.9 Å². The van der Waals surface area contributed by atoms with Gasteiger partial charge in [-0.3, -0.25) is 0 Å². The number of nitrogens with zero attached hydrogens (tertiary/aromatic N) is 3. The molecule has 7 nitrogen and oxygen atoms in total. The van der Waals surface area contributed by atoms with Gasteiger partial charge in [0.05, 0.1) is 12.1 Å². The number of imidazole rings is 1. The number of benzene rings is 1. The Morgan fingerprint density at radius 3 is 2.88 bits per heavy atom. The highest BCUT2D eigenvalue weighted by Crippen LogP contribution is 2.16. The zero-order valence-corrected chi connectivity index (χ0v) is 8.99. The first-order chi connectivity index (χ1) is 8.15. The number of hydrogen-bond donors (Lipinski definition) is 0. The second kappa shape index (κ2) is 4.20. The molecule has 0 N–H and O–H groups in total. The monoisotopic (exact) mass is 235 g/mol. The Kier molecular flexibility index (Phi) is 2.73.